The lowest BCUT2D eigenvalue weighted by molar-refractivity contribution is -0.116. The quantitative estimate of drug-likeness (QED) is 0.744. The molecule has 0 spiro atoms. The highest BCUT2D eigenvalue weighted by Gasteiger charge is 2.26. The highest BCUT2D eigenvalue weighted by molar-refractivity contribution is 6.00. The summed E-state index contributed by atoms with van der Waals surface area (Å²) in [6.45, 7) is 1.57. The van der Waals surface area contributed by atoms with Crippen LogP contribution in [0, 0.1) is 5.92 Å². The monoisotopic (exact) mass is 230 g/mol. The van der Waals surface area contributed by atoms with E-state index in [2.05, 4.69) is 10.6 Å². The minimum atomic E-state index is 0.0553. The van der Waals surface area contributed by atoms with Crippen LogP contribution in [0.3, 0.4) is 0 Å². The molecule has 2 heterocycles. The number of anilines is 1. The molecule has 1 aromatic rings. The first-order chi connectivity index (χ1) is 8.24. The van der Waals surface area contributed by atoms with Crippen LogP contribution in [-0.4, -0.2) is 24.8 Å². The largest absolute Gasteiger partial charge is 0.326 e. The summed E-state index contributed by atoms with van der Waals surface area (Å²) in [4.78, 5) is 23.3. The number of aryl methyl sites for hydroxylation is 1. The third-order valence-electron chi connectivity index (χ3n) is 3.44. The van der Waals surface area contributed by atoms with Crippen molar-refractivity contribution < 1.29 is 9.59 Å². The van der Waals surface area contributed by atoms with Gasteiger partial charge in [0.15, 0.2) is 5.78 Å². The maximum Gasteiger partial charge on any atom is 0.224 e. The van der Waals surface area contributed by atoms with E-state index in [-0.39, 0.29) is 17.6 Å². The number of amides is 1. The van der Waals surface area contributed by atoms with Crippen molar-refractivity contribution in [1.29, 1.82) is 0 Å². The number of nitrogens with one attached hydrogen (secondary N) is 2. The Bertz CT molecular complexity index is 492. The highest BCUT2D eigenvalue weighted by atomic mass is 16.1. The number of fused-ring (bicyclic) bond motifs is 1. The fourth-order valence-corrected chi connectivity index (χ4v) is 2.25. The van der Waals surface area contributed by atoms with Gasteiger partial charge >= 0.3 is 0 Å². The molecule has 1 aromatic carbocycles. The van der Waals surface area contributed by atoms with Crippen LogP contribution >= 0.6 is 0 Å². The van der Waals surface area contributed by atoms with E-state index >= 15 is 0 Å². The predicted molar refractivity (Wildman–Crippen MR) is 64.1 cm³/mol. The molecule has 1 saturated heterocycles. The van der Waals surface area contributed by atoms with Gasteiger partial charge in [-0.25, -0.2) is 0 Å². The standard InChI is InChI=1S/C13H14N2O2/c16-12-4-2-8-5-9(1-3-11(8)15-12)13(17)10-6-14-7-10/h1,3,5,10,14H,2,4,6-7H2,(H,15,16). The minimum absolute atomic E-state index is 0.0553. The van der Waals surface area contributed by atoms with Gasteiger partial charge in [-0.15, -0.1) is 0 Å². The van der Waals surface area contributed by atoms with Crippen molar-refractivity contribution in [2.75, 3.05) is 18.4 Å². The van der Waals surface area contributed by atoms with Gasteiger partial charge in [0.25, 0.3) is 0 Å². The van der Waals surface area contributed by atoms with E-state index in [4.69, 9.17) is 0 Å². The van der Waals surface area contributed by atoms with E-state index in [1.165, 1.54) is 0 Å². The number of hydrogen-bond acceptors (Lipinski definition) is 3. The molecule has 3 rings (SSSR count). The predicted octanol–water partition coefficient (Wildman–Crippen LogP) is 0.973. The molecule has 0 bridgehead atoms. The Morgan fingerprint density at radius 2 is 2.06 bits per heavy atom. The molecular weight excluding hydrogens is 216 g/mol. The summed E-state index contributed by atoms with van der Waals surface area (Å²) in [6.07, 6.45) is 1.24. The average molecular weight is 230 g/mol. The number of carbonyl (C=O) groups excluding carboxylic acids is 2. The van der Waals surface area contributed by atoms with Crippen LogP contribution in [0.2, 0.25) is 0 Å². The zero-order valence-electron chi connectivity index (χ0n) is 9.45. The first-order valence-electron chi connectivity index (χ1n) is 5.92. The van der Waals surface area contributed by atoms with Gasteiger partial charge in [0.05, 0.1) is 0 Å². The molecule has 0 radical (unpaired) electrons. The first-order valence-corrected chi connectivity index (χ1v) is 5.92. The Hall–Kier alpha value is -1.68. The smallest absolute Gasteiger partial charge is 0.224 e. The summed E-state index contributed by atoms with van der Waals surface area (Å²) in [7, 11) is 0. The summed E-state index contributed by atoms with van der Waals surface area (Å²) >= 11 is 0. The van der Waals surface area contributed by atoms with Crippen molar-refractivity contribution in [2.45, 2.75) is 12.8 Å². The van der Waals surface area contributed by atoms with E-state index in [1.807, 2.05) is 18.2 Å². The van der Waals surface area contributed by atoms with E-state index in [0.29, 0.717) is 6.42 Å². The molecular formula is C13H14N2O2. The molecule has 17 heavy (non-hydrogen) atoms. The molecule has 88 valence electrons. The van der Waals surface area contributed by atoms with Crippen LogP contribution in [0.15, 0.2) is 18.2 Å². The summed E-state index contributed by atoms with van der Waals surface area (Å²) in [5.74, 6) is 0.398. The van der Waals surface area contributed by atoms with E-state index in [1.54, 1.807) is 0 Å². The van der Waals surface area contributed by atoms with Crippen molar-refractivity contribution in [3.63, 3.8) is 0 Å². The second-order valence-corrected chi connectivity index (χ2v) is 4.64. The molecule has 0 saturated carbocycles. The average Bonchev–Trinajstić information content (AvgIpc) is 2.26. The molecule has 1 fully saturated rings. The van der Waals surface area contributed by atoms with E-state index in [9.17, 15) is 9.59 Å². The van der Waals surface area contributed by atoms with Crippen molar-refractivity contribution in [3.05, 3.63) is 29.3 Å². The van der Waals surface area contributed by atoms with Crippen LogP contribution in [0.1, 0.15) is 22.3 Å². The Morgan fingerprint density at radius 3 is 2.76 bits per heavy atom. The second-order valence-electron chi connectivity index (χ2n) is 4.64. The number of hydrogen-bond donors (Lipinski definition) is 2. The normalized spacial score (nSPS) is 19.2. The van der Waals surface area contributed by atoms with Crippen LogP contribution in [-0.2, 0) is 11.2 Å². The van der Waals surface area contributed by atoms with Gasteiger partial charge in [0, 0.05) is 36.7 Å². The topological polar surface area (TPSA) is 58.2 Å². The van der Waals surface area contributed by atoms with Gasteiger partial charge in [0.2, 0.25) is 5.91 Å². The molecule has 2 aliphatic heterocycles. The SMILES string of the molecule is O=C1CCc2cc(C(=O)C3CNC3)ccc2N1. The molecule has 1 amide bonds. The lowest BCUT2D eigenvalue weighted by atomic mass is 9.90. The van der Waals surface area contributed by atoms with Gasteiger partial charge in [0.1, 0.15) is 0 Å². The maximum atomic E-state index is 12.0. The summed E-state index contributed by atoms with van der Waals surface area (Å²) in [5, 5.41) is 5.92. The Kier molecular flexibility index (Phi) is 2.44. The summed E-state index contributed by atoms with van der Waals surface area (Å²) in [5.41, 5.74) is 2.69. The molecule has 0 aromatic heterocycles. The lowest BCUT2D eigenvalue weighted by Gasteiger charge is -2.26. The van der Waals surface area contributed by atoms with Crippen LogP contribution in [0.25, 0.3) is 0 Å². The molecule has 0 unspecified atom stereocenters. The third-order valence-corrected chi connectivity index (χ3v) is 3.44. The molecule has 2 N–H and O–H groups in total. The Balaban J connectivity index is 1.87. The van der Waals surface area contributed by atoms with Gasteiger partial charge < -0.3 is 10.6 Å². The minimum Gasteiger partial charge on any atom is -0.326 e. The molecule has 0 atom stereocenters. The van der Waals surface area contributed by atoms with Crippen LogP contribution in [0.4, 0.5) is 5.69 Å². The molecule has 4 nitrogen and oxygen atoms in total. The molecule has 2 aliphatic rings. The zero-order chi connectivity index (χ0) is 11.8. The van der Waals surface area contributed by atoms with Gasteiger partial charge in [-0.2, -0.15) is 0 Å². The number of Topliss-reactive ketones (excluding diaryl/α,β-unsaturated/α-hetero) is 1. The van der Waals surface area contributed by atoms with Crippen LogP contribution < -0.4 is 10.6 Å². The Morgan fingerprint density at radius 1 is 1.24 bits per heavy atom. The van der Waals surface area contributed by atoms with Gasteiger partial charge in [-0.1, -0.05) is 0 Å². The molecule has 4 heteroatoms. The fourth-order valence-electron chi connectivity index (χ4n) is 2.25. The molecule has 0 aliphatic carbocycles. The van der Waals surface area contributed by atoms with Crippen LogP contribution in [0.5, 0.6) is 0 Å². The van der Waals surface area contributed by atoms with Gasteiger partial charge in [-0.3, -0.25) is 9.59 Å². The fraction of sp³-hybridized carbons (Fsp3) is 0.385. The number of rotatable bonds is 2. The first kappa shape index (κ1) is 10.5. The Labute approximate surface area is 99.4 Å². The maximum absolute atomic E-state index is 12.0. The van der Waals surface area contributed by atoms with Gasteiger partial charge in [-0.05, 0) is 30.2 Å². The van der Waals surface area contributed by atoms with Crippen molar-refractivity contribution in [2.24, 2.45) is 5.92 Å². The number of carbonyl (C=O) groups is 2. The lowest BCUT2D eigenvalue weighted by Crippen LogP contribution is -2.46. The second kappa shape index (κ2) is 3.96. The van der Waals surface area contributed by atoms with Crippen molar-refractivity contribution in [3.8, 4) is 0 Å². The third kappa shape index (κ3) is 1.85. The highest BCUT2D eigenvalue weighted by Crippen LogP contribution is 2.25. The summed E-state index contributed by atoms with van der Waals surface area (Å²) in [6, 6.07) is 5.58. The van der Waals surface area contributed by atoms with Crippen molar-refractivity contribution >= 4 is 17.4 Å². The van der Waals surface area contributed by atoms with E-state index in [0.717, 1.165) is 36.3 Å². The van der Waals surface area contributed by atoms with E-state index < -0.39 is 0 Å². The number of ketones is 1. The van der Waals surface area contributed by atoms with Crippen molar-refractivity contribution in [1.82, 2.24) is 5.32 Å². The summed E-state index contributed by atoms with van der Waals surface area (Å²) < 4.78 is 0. The number of benzene rings is 1. The zero-order valence-corrected chi connectivity index (χ0v) is 9.45.